The molecule has 9 heteroatoms. The van der Waals surface area contributed by atoms with Gasteiger partial charge in [0.2, 0.25) is 5.91 Å². The van der Waals surface area contributed by atoms with Gasteiger partial charge in [-0.15, -0.1) is 11.3 Å². The van der Waals surface area contributed by atoms with E-state index in [-0.39, 0.29) is 0 Å². The summed E-state index contributed by atoms with van der Waals surface area (Å²) in [5.74, 6) is -1.61. The highest BCUT2D eigenvalue weighted by atomic mass is 32.1. The van der Waals surface area contributed by atoms with Crippen molar-refractivity contribution in [2.24, 2.45) is 5.73 Å². The third-order valence-electron chi connectivity index (χ3n) is 5.97. The second-order valence-electron chi connectivity index (χ2n) is 7.92. The summed E-state index contributed by atoms with van der Waals surface area (Å²) in [6, 6.07) is 6.76. The molecule has 1 aliphatic heterocycles. The van der Waals surface area contributed by atoms with E-state index in [0.717, 1.165) is 40.2 Å². The lowest BCUT2D eigenvalue weighted by atomic mass is 9.87. The van der Waals surface area contributed by atoms with Crippen molar-refractivity contribution < 1.29 is 19.2 Å². The van der Waals surface area contributed by atoms with Crippen LogP contribution in [0.25, 0.3) is 0 Å². The number of fused-ring (bicyclic) bond motifs is 1. The van der Waals surface area contributed by atoms with E-state index in [2.05, 4.69) is 10.6 Å². The lowest BCUT2D eigenvalue weighted by Crippen LogP contribution is -2.44. The normalized spacial score (nSPS) is 20.0. The van der Waals surface area contributed by atoms with E-state index < -0.39 is 35.8 Å². The van der Waals surface area contributed by atoms with Gasteiger partial charge in [0.15, 0.2) is 0 Å². The van der Waals surface area contributed by atoms with E-state index >= 15 is 0 Å². The first kappa shape index (κ1) is 21.0. The van der Waals surface area contributed by atoms with Crippen LogP contribution in [-0.2, 0) is 28.0 Å². The lowest BCUT2D eigenvalue weighted by molar-refractivity contribution is -0.134. The Balaban J connectivity index is 1.54. The van der Waals surface area contributed by atoms with Crippen molar-refractivity contribution in [3.63, 3.8) is 0 Å². The van der Waals surface area contributed by atoms with Gasteiger partial charge in [-0.1, -0.05) is 36.8 Å². The fourth-order valence-corrected chi connectivity index (χ4v) is 5.62. The number of benzene rings is 1. The van der Waals surface area contributed by atoms with Gasteiger partial charge in [0.1, 0.15) is 17.1 Å². The third kappa shape index (κ3) is 3.48. The van der Waals surface area contributed by atoms with Crippen LogP contribution in [0.3, 0.4) is 0 Å². The average molecular weight is 441 g/mol. The van der Waals surface area contributed by atoms with E-state index in [9.17, 15) is 19.2 Å². The molecule has 4 rings (SSSR count). The highest BCUT2D eigenvalue weighted by Crippen LogP contribution is 2.39. The van der Waals surface area contributed by atoms with Gasteiger partial charge in [-0.2, -0.15) is 0 Å². The number of imide groups is 1. The number of thiophene rings is 1. The van der Waals surface area contributed by atoms with E-state index in [1.807, 2.05) is 38.1 Å². The number of rotatable bonds is 6. The van der Waals surface area contributed by atoms with Gasteiger partial charge in [0.25, 0.3) is 11.8 Å². The highest BCUT2D eigenvalue weighted by molar-refractivity contribution is 7.17. The molecular formula is C22H24N4O4S. The van der Waals surface area contributed by atoms with E-state index in [1.54, 1.807) is 0 Å². The standard InChI is InChI=1S/C22H24N4O4S/c1-3-22(13-9-7-12(2)8-10-13)20(29)26(21(30)25-22)11-16(27)24-19-17(18(23)28)14-5-4-6-15(14)31-19/h7-10H,3-6,11H2,1-2H3,(H2,23,28)(H,24,27)(H,25,30)/t22-/m1/s1. The zero-order valence-corrected chi connectivity index (χ0v) is 18.2. The average Bonchev–Trinajstić information content (AvgIpc) is 3.36. The number of hydrogen-bond acceptors (Lipinski definition) is 5. The number of amides is 5. The molecular weight excluding hydrogens is 416 g/mol. The Kier molecular flexibility index (Phi) is 5.30. The van der Waals surface area contributed by atoms with Crippen LogP contribution in [0, 0.1) is 6.92 Å². The lowest BCUT2D eigenvalue weighted by Gasteiger charge is -2.25. The molecule has 31 heavy (non-hydrogen) atoms. The number of nitrogens with one attached hydrogen (secondary N) is 2. The van der Waals surface area contributed by atoms with Crippen molar-refractivity contribution in [3.8, 4) is 0 Å². The molecule has 0 unspecified atom stereocenters. The minimum atomic E-state index is -1.20. The molecule has 162 valence electrons. The summed E-state index contributed by atoms with van der Waals surface area (Å²) in [6.07, 6.45) is 2.90. The Bertz CT molecular complexity index is 1090. The molecule has 1 atom stereocenters. The summed E-state index contributed by atoms with van der Waals surface area (Å²) >= 11 is 1.33. The summed E-state index contributed by atoms with van der Waals surface area (Å²) < 4.78 is 0. The van der Waals surface area contributed by atoms with Crippen LogP contribution in [0.2, 0.25) is 0 Å². The number of urea groups is 1. The fraction of sp³-hybridized carbons (Fsp3) is 0.364. The van der Waals surface area contributed by atoms with E-state index in [0.29, 0.717) is 22.5 Å². The molecule has 1 saturated heterocycles. The Morgan fingerprint density at radius 2 is 1.94 bits per heavy atom. The Labute approximate surface area is 183 Å². The van der Waals surface area contributed by atoms with Gasteiger partial charge in [-0.05, 0) is 43.7 Å². The number of carbonyl (C=O) groups is 4. The number of nitrogens with two attached hydrogens (primary N) is 1. The molecule has 2 aliphatic rings. The first-order chi connectivity index (χ1) is 14.8. The molecule has 1 fully saturated rings. The van der Waals surface area contributed by atoms with Gasteiger partial charge < -0.3 is 16.4 Å². The summed E-state index contributed by atoms with van der Waals surface area (Å²) in [4.78, 5) is 52.4. The summed E-state index contributed by atoms with van der Waals surface area (Å²) in [6.45, 7) is 3.31. The van der Waals surface area contributed by atoms with Crippen LogP contribution in [0.5, 0.6) is 0 Å². The minimum Gasteiger partial charge on any atom is -0.365 e. The SMILES string of the molecule is CC[C@]1(c2ccc(C)cc2)NC(=O)N(CC(=O)Nc2sc3c(c2C(N)=O)CCC3)C1=O. The second kappa shape index (κ2) is 7.81. The first-order valence-electron chi connectivity index (χ1n) is 10.2. The number of primary amides is 1. The number of nitrogens with zero attached hydrogens (tertiary/aromatic N) is 1. The molecule has 2 heterocycles. The molecule has 1 aromatic carbocycles. The summed E-state index contributed by atoms with van der Waals surface area (Å²) in [5, 5.41) is 5.84. The van der Waals surface area contributed by atoms with Crippen LogP contribution < -0.4 is 16.4 Å². The van der Waals surface area contributed by atoms with Gasteiger partial charge >= 0.3 is 6.03 Å². The maximum Gasteiger partial charge on any atom is 0.325 e. The second-order valence-corrected chi connectivity index (χ2v) is 9.03. The number of hydrogen-bond donors (Lipinski definition) is 3. The monoisotopic (exact) mass is 440 g/mol. The number of anilines is 1. The van der Waals surface area contributed by atoms with Crippen LogP contribution in [0.4, 0.5) is 9.80 Å². The zero-order valence-electron chi connectivity index (χ0n) is 17.4. The molecule has 4 N–H and O–H groups in total. The first-order valence-corrected chi connectivity index (χ1v) is 11.0. The highest BCUT2D eigenvalue weighted by Gasteiger charge is 2.51. The maximum absolute atomic E-state index is 13.2. The van der Waals surface area contributed by atoms with Gasteiger partial charge in [0.05, 0.1) is 5.56 Å². The van der Waals surface area contributed by atoms with Crippen LogP contribution in [-0.4, -0.2) is 35.2 Å². The fourth-order valence-electron chi connectivity index (χ4n) is 4.31. The molecule has 0 radical (unpaired) electrons. The quantitative estimate of drug-likeness (QED) is 0.597. The maximum atomic E-state index is 13.2. The predicted octanol–water partition coefficient (Wildman–Crippen LogP) is 2.44. The third-order valence-corrected chi connectivity index (χ3v) is 7.18. The molecule has 5 amide bonds. The van der Waals surface area contributed by atoms with Gasteiger partial charge in [0, 0.05) is 4.88 Å². The van der Waals surface area contributed by atoms with Gasteiger partial charge in [-0.3, -0.25) is 19.3 Å². The largest absolute Gasteiger partial charge is 0.365 e. The van der Waals surface area contributed by atoms with Crippen molar-refractivity contribution in [1.82, 2.24) is 10.2 Å². The minimum absolute atomic E-state index is 0.339. The van der Waals surface area contributed by atoms with Crippen LogP contribution in [0.1, 0.15) is 51.7 Å². The summed E-state index contributed by atoms with van der Waals surface area (Å²) in [7, 11) is 0. The van der Waals surface area contributed by atoms with Crippen molar-refractivity contribution in [2.75, 3.05) is 11.9 Å². The van der Waals surface area contributed by atoms with Crippen LogP contribution in [0.15, 0.2) is 24.3 Å². The van der Waals surface area contributed by atoms with E-state index in [4.69, 9.17) is 5.73 Å². The van der Waals surface area contributed by atoms with Crippen LogP contribution >= 0.6 is 11.3 Å². The zero-order chi connectivity index (χ0) is 22.3. The Hall–Kier alpha value is -3.20. The number of carbonyl (C=O) groups excluding carboxylic acids is 4. The smallest absolute Gasteiger partial charge is 0.325 e. The molecule has 8 nitrogen and oxygen atoms in total. The molecule has 2 aromatic rings. The van der Waals surface area contributed by atoms with Gasteiger partial charge in [-0.25, -0.2) is 4.79 Å². The topological polar surface area (TPSA) is 122 Å². The summed E-state index contributed by atoms with van der Waals surface area (Å²) in [5.41, 5.74) is 7.28. The molecule has 0 saturated carbocycles. The van der Waals surface area contributed by atoms with Crippen molar-refractivity contribution in [2.45, 2.75) is 45.1 Å². The Morgan fingerprint density at radius 3 is 2.58 bits per heavy atom. The predicted molar refractivity (Wildman–Crippen MR) is 117 cm³/mol. The van der Waals surface area contributed by atoms with Crippen molar-refractivity contribution in [3.05, 3.63) is 51.4 Å². The number of aryl methyl sites for hydroxylation is 2. The molecule has 1 aliphatic carbocycles. The van der Waals surface area contributed by atoms with E-state index in [1.165, 1.54) is 11.3 Å². The molecule has 0 bridgehead atoms. The molecule has 1 aromatic heterocycles. The van der Waals surface area contributed by atoms with Crippen molar-refractivity contribution in [1.29, 1.82) is 0 Å². The molecule has 0 spiro atoms. The van der Waals surface area contributed by atoms with Crippen molar-refractivity contribution >= 4 is 40.1 Å². The Morgan fingerprint density at radius 1 is 1.23 bits per heavy atom.